The molecule has 1 fully saturated rings. The molecule has 0 radical (unpaired) electrons. The fraction of sp³-hybridized carbons (Fsp3) is 0.462. The summed E-state index contributed by atoms with van der Waals surface area (Å²) in [6.45, 7) is 0.882. The molecule has 0 spiro atoms. The Morgan fingerprint density at radius 1 is 1.55 bits per heavy atom. The largest absolute Gasteiger partial charge is 0.481 e. The summed E-state index contributed by atoms with van der Waals surface area (Å²) in [5.41, 5.74) is 1.65. The van der Waals surface area contributed by atoms with Crippen LogP contribution in [-0.2, 0) is 11.3 Å². The number of nitrogens with zero attached hydrogens (tertiary/aromatic N) is 3. The molecule has 0 atom stereocenters. The van der Waals surface area contributed by atoms with Crippen molar-refractivity contribution < 1.29 is 9.90 Å². The van der Waals surface area contributed by atoms with Crippen molar-refractivity contribution in [1.82, 2.24) is 14.5 Å². The van der Waals surface area contributed by atoms with E-state index in [-0.39, 0.29) is 5.75 Å². The predicted octanol–water partition coefficient (Wildman–Crippen LogP) is 3.17. The summed E-state index contributed by atoms with van der Waals surface area (Å²) in [6, 6.07) is 1.92. The monoisotopic (exact) mass is 355 g/mol. The van der Waals surface area contributed by atoms with Crippen LogP contribution in [0.1, 0.15) is 19.3 Å². The predicted molar refractivity (Wildman–Crippen MR) is 80.9 cm³/mol. The number of aromatic nitrogens is 3. The van der Waals surface area contributed by atoms with Crippen LogP contribution in [-0.4, -0.2) is 31.4 Å². The summed E-state index contributed by atoms with van der Waals surface area (Å²) in [7, 11) is 0. The minimum absolute atomic E-state index is 0.0230. The van der Waals surface area contributed by atoms with Gasteiger partial charge in [-0.25, -0.2) is 9.97 Å². The first-order valence-electron chi connectivity index (χ1n) is 6.50. The van der Waals surface area contributed by atoms with Crippen LogP contribution in [0.4, 0.5) is 0 Å². The Morgan fingerprint density at radius 3 is 3.00 bits per heavy atom. The maximum absolute atomic E-state index is 10.8. The molecule has 0 amide bonds. The van der Waals surface area contributed by atoms with Gasteiger partial charge in [-0.3, -0.25) is 4.79 Å². The standard InChI is InChI=1S/C13H14BrN3O2S/c14-9-4-10-12(15-5-9)17(6-8-2-1-3-8)13(16-10)20-7-11(18)19/h4-5,8H,1-3,6-7H2,(H,18,19). The number of imidazole rings is 1. The number of aliphatic carboxylic acids is 1. The van der Waals surface area contributed by atoms with E-state index in [0.29, 0.717) is 5.92 Å². The fourth-order valence-electron chi connectivity index (χ4n) is 2.30. The highest BCUT2D eigenvalue weighted by atomic mass is 79.9. The van der Waals surface area contributed by atoms with Gasteiger partial charge < -0.3 is 9.67 Å². The Kier molecular flexibility index (Phi) is 3.98. The van der Waals surface area contributed by atoms with E-state index < -0.39 is 5.97 Å². The van der Waals surface area contributed by atoms with Crippen molar-refractivity contribution >= 4 is 44.8 Å². The summed E-state index contributed by atoms with van der Waals surface area (Å²) in [6.07, 6.45) is 5.51. The highest BCUT2D eigenvalue weighted by molar-refractivity contribution is 9.10. The summed E-state index contributed by atoms with van der Waals surface area (Å²) in [5.74, 6) is -0.136. The van der Waals surface area contributed by atoms with Crippen molar-refractivity contribution in [3.63, 3.8) is 0 Å². The zero-order chi connectivity index (χ0) is 14.1. The summed E-state index contributed by atoms with van der Waals surface area (Å²) in [5, 5.41) is 9.59. The zero-order valence-electron chi connectivity index (χ0n) is 10.8. The molecule has 1 saturated carbocycles. The number of pyridine rings is 1. The second-order valence-electron chi connectivity index (χ2n) is 4.98. The first kappa shape index (κ1) is 13.9. The highest BCUT2D eigenvalue weighted by Gasteiger charge is 2.22. The molecule has 0 unspecified atom stereocenters. The van der Waals surface area contributed by atoms with Crippen LogP contribution in [0.5, 0.6) is 0 Å². The smallest absolute Gasteiger partial charge is 0.313 e. The van der Waals surface area contributed by atoms with E-state index in [1.165, 1.54) is 31.0 Å². The molecule has 0 bridgehead atoms. The second-order valence-corrected chi connectivity index (χ2v) is 6.84. The Balaban J connectivity index is 1.96. The molecular weight excluding hydrogens is 342 g/mol. The molecule has 20 heavy (non-hydrogen) atoms. The van der Waals surface area contributed by atoms with Gasteiger partial charge in [0.05, 0.1) is 5.75 Å². The molecule has 106 valence electrons. The number of rotatable bonds is 5. The van der Waals surface area contributed by atoms with Crippen molar-refractivity contribution in [2.24, 2.45) is 5.92 Å². The van der Waals surface area contributed by atoms with Gasteiger partial charge in [0.25, 0.3) is 0 Å². The Bertz CT molecular complexity index is 654. The Morgan fingerprint density at radius 2 is 2.35 bits per heavy atom. The van der Waals surface area contributed by atoms with Gasteiger partial charge in [-0.05, 0) is 40.8 Å². The van der Waals surface area contributed by atoms with Crippen LogP contribution in [0.15, 0.2) is 21.9 Å². The van der Waals surface area contributed by atoms with E-state index in [0.717, 1.165) is 27.3 Å². The van der Waals surface area contributed by atoms with E-state index in [1.54, 1.807) is 6.20 Å². The van der Waals surface area contributed by atoms with Gasteiger partial charge in [0.1, 0.15) is 5.52 Å². The third kappa shape index (κ3) is 2.83. The van der Waals surface area contributed by atoms with Crippen molar-refractivity contribution in [1.29, 1.82) is 0 Å². The lowest BCUT2D eigenvalue weighted by Gasteiger charge is -2.26. The maximum Gasteiger partial charge on any atom is 0.313 e. The third-order valence-corrected chi connectivity index (χ3v) is 4.90. The molecule has 7 heteroatoms. The van der Waals surface area contributed by atoms with E-state index in [2.05, 4.69) is 30.5 Å². The second kappa shape index (κ2) is 5.73. The number of hydrogen-bond donors (Lipinski definition) is 1. The fourth-order valence-corrected chi connectivity index (χ4v) is 3.35. The molecular formula is C13H14BrN3O2S. The normalized spacial score (nSPS) is 15.4. The van der Waals surface area contributed by atoms with Crippen molar-refractivity contribution in [2.45, 2.75) is 31.0 Å². The molecule has 2 heterocycles. The van der Waals surface area contributed by atoms with Crippen molar-refractivity contribution in [2.75, 3.05) is 5.75 Å². The molecule has 3 rings (SSSR count). The van der Waals surface area contributed by atoms with E-state index >= 15 is 0 Å². The van der Waals surface area contributed by atoms with E-state index in [4.69, 9.17) is 5.11 Å². The number of fused-ring (bicyclic) bond motifs is 1. The number of hydrogen-bond acceptors (Lipinski definition) is 4. The van der Waals surface area contributed by atoms with E-state index in [1.807, 2.05) is 6.07 Å². The van der Waals surface area contributed by atoms with Crippen LogP contribution >= 0.6 is 27.7 Å². The van der Waals surface area contributed by atoms with Crippen LogP contribution in [0.3, 0.4) is 0 Å². The first-order valence-corrected chi connectivity index (χ1v) is 8.27. The van der Waals surface area contributed by atoms with Gasteiger partial charge in [0, 0.05) is 17.2 Å². The summed E-state index contributed by atoms with van der Waals surface area (Å²) in [4.78, 5) is 19.7. The topological polar surface area (TPSA) is 68.0 Å². The molecule has 1 aliphatic rings. The average Bonchev–Trinajstić information content (AvgIpc) is 2.68. The molecule has 2 aromatic heterocycles. The minimum Gasteiger partial charge on any atom is -0.481 e. The Hall–Kier alpha value is -1.08. The molecule has 1 aliphatic carbocycles. The third-order valence-electron chi connectivity index (χ3n) is 3.51. The molecule has 0 aliphatic heterocycles. The molecule has 1 N–H and O–H groups in total. The zero-order valence-corrected chi connectivity index (χ0v) is 13.2. The van der Waals surface area contributed by atoms with E-state index in [9.17, 15) is 4.79 Å². The molecule has 0 aromatic carbocycles. The van der Waals surface area contributed by atoms with Crippen LogP contribution < -0.4 is 0 Å². The summed E-state index contributed by atoms with van der Waals surface area (Å²) >= 11 is 4.65. The molecule has 2 aromatic rings. The van der Waals surface area contributed by atoms with Gasteiger partial charge in [0.2, 0.25) is 0 Å². The lowest BCUT2D eigenvalue weighted by Crippen LogP contribution is -2.19. The van der Waals surface area contributed by atoms with Crippen LogP contribution in [0.25, 0.3) is 11.2 Å². The van der Waals surface area contributed by atoms with Crippen molar-refractivity contribution in [3.05, 3.63) is 16.7 Å². The minimum atomic E-state index is -0.827. The molecule has 5 nitrogen and oxygen atoms in total. The van der Waals surface area contributed by atoms with Gasteiger partial charge >= 0.3 is 5.97 Å². The Labute approximate surface area is 128 Å². The number of carbonyl (C=O) groups is 1. The van der Waals surface area contributed by atoms with Gasteiger partial charge in [-0.15, -0.1) is 0 Å². The number of carboxylic acids is 1. The van der Waals surface area contributed by atoms with Gasteiger partial charge in [-0.1, -0.05) is 18.2 Å². The van der Waals surface area contributed by atoms with Crippen LogP contribution in [0, 0.1) is 5.92 Å². The number of carboxylic acid groups (broad SMARTS) is 1. The molecule has 0 saturated heterocycles. The summed E-state index contributed by atoms with van der Waals surface area (Å²) < 4.78 is 2.95. The van der Waals surface area contributed by atoms with Crippen molar-refractivity contribution in [3.8, 4) is 0 Å². The first-order chi connectivity index (χ1) is 9.63. The SMILES string of the molecule is O=C(O)CSc1nc2cc(Br)cnc2n1CC1CCC1. The average molecular weight is 356 g/mol. The number of halogens is 1. The van der Waals surface area contributed by atoms with Gasteiger partial charge in [-0.2, -0.15) is 0 Å². The lowest BCUT2D eigenvalue weighted by molar-refractivity contribution is -0.133. The maximum atomic E-state index is 10.8. The highest BCUT2D eigenvalue weighted by Crippen LogP contribution is 2.32. The number of thioether (sulfide) groups is 1. The quantitative estimate of drug-likeness (QED) is 0.834. The van der Waals surface area contributed by atoms with Gasteiger partial charge in [0.15, 0.2) is 10.8 Å². The van der Waals surface area contributed by atoms with Crippen LogP contribution in [0.2, 0.25) is 0 Å². The lowest BCUT2D eigenvalue weighted by atomic mass is 9.85.